The summed E-state index contributed by atoms with van der Waals surface area (Å²) >= 11 is 3.34. The average Bonchev–Trinajstić information content (AvgIpc) is 2.35. The van der Waals surface area contributed by atoms with Crippen molar-refractivity contribution in [2.24, 2.45) is 0 Å². The molecule has 1 fully saturated rings. The Morgan fingerprint density at radius 1 is 1.26 bits per heavy atom. The largest absolute Gasteiger partial charge is 0.330 e. The lowest BCUT2D eigenvalue weighted by atomic mass is 10.2. The van der Waals surface area contributed by atoms with Crippen LogP contribution in [0.2, 0.25) is 0 Å². The zero-order chi connectivity index (χ0) is 14.0. The van der Waals surface area contributed by atoms with Crippen molar-refractivity contribution in [3.05, 3.63) is 28.5 Å². The topological polar surface area (TPSA) is 53.5 Å². The number of aromatic nitrogens is 1. The Balaban J connectivity index is 2.07. The molecule has 0 spiro atoms. The number of hydrogen-bond acceptors (Lipinski definition) is 3. The summed E-state index contributed by atoms with van der Waals surface area (Å²) in [7, 11) is 0. The van der Waals surface area contributed by atoms with Crippen molar-refractivity contribution in [2.45, 2.75) is 26.4 Å². The van der Waals surface area contributed by atoms with Gasteiger partial charge < -0.3 is 9.80 Å². The van der Waals surface area contributed by atoms with E-state index in [0.717, 1.165) is 10.0 Å². The highest BCUT2D eigenvalue weighted by atomic mass is 79.9. The second-order valence-corrected chi connectivity index (χ2v) is 5.75. The molecule has 2 amide bonds. The first-order chi connectivity index (χ1) is 8.99. The van der Waals surface area contributed by atoms with E-state index in [2.05, 4.69) is 20.9 Å². The van der Waals surface area contributed by atoms with Crippen LogP contribution in [-0.2, 0) is 16.1 Å². The molecule has 0 radical (unpaired) electrons. The van der Waals surface area contributed by atoms with Gasteiger partial charge in [-0.1, -0.05) is 0 Å². The van der Waals surface area contributed by atoms with Crippen molar-refractivity contribution in [3.8, 4) is 0 Å². The molecule has 0 N–H and O–H groups in total. The third-order valence-corrected chi connectivity index (χ3v) is 3.53. The summed E-state index contributed by atoms with van der Waals surface area (Å²) in [5.74, 6) is -0.843. The first-order valence-electron chi connectivity index (χ1n) is 6.18. The first-order valence-corrected chi connectivity index (χ1v) is 6.97. The Kier molecular flexibility index (Phi) is 4.19. The molecule has 5 nitrogen and oxygen atoms in total. The van der Waals surface area contributed by atoms with Gasteiger partial charge >= 0.3 is 11.8 Å². The van der Waals surface area contributed by atoms with E-state index < -0.39 is 11.8 Å². The van der Waals surface area contributed by atoms with Crippen molar-refractivity contribution in [3.63, 3.8) is 0 Å². The third-order valence-electron chi connectivity index (χ3n) is 3.10. The monoisotopic (exact) mass is 325 g/mol. The summed E-state index contributed by atoms with van der Waals surface area (Å²) in [5.41, 5.74) is 0.911. The van der Waals surface area contributed by atoms with Crippen LogP contribution in [0.3, 0.4) is 0 Å². The number of piperazine rings is 1. The van der Waals surface area contributed by atoms with Gasteiger partial charge in [0, 0.05) is 42.5 Å². The fraction of sp³-hybridized carbons (Fsp3) is 0.462. The number of carbonyl (C=O) groups is 2. The Labute approximate surface area is 120 Å². The molecule has 6 heteroatoms. The molecule has 0 aliphatic carbocycles. The Bertz CT molecular complexity index is 504. The first kappa shape index (κ1) is 14.0. The lowest BCUT2D eigenvalue weighted by molar-refractivity contribution is -0.157. The maximum absolute atomic E-state index is 12.0. The fourth-order valence-corrected chi connectivity index (χ4v) is 2.51. The molecule has 0 saturated carbocycles. The molecule has 19 heavy (non-hydrogen) atoms. The number of hydrogen-bond donors (Lipinski definition) is 0. The molecule has 102 valence electrons. The van der Waals surface area contributed by atoms with E-state index in [1.807, 2.05) is 19.9 Å². The van der Waals surface area contributed by atoms with E-state index in [1.165, 1.54) is 0 Å². The number of carbonyl (C=O) groups excluding carboxylic acids is 2. The molecule has 2 heterocycles. The number of halogens is 1. The SMILES string of the molecule is CC(C)N1CCN(Cc2cncc(Br)c2)C(=O)C1=O. The van der Waals surface area contributed by atoms with Gasteiger partial charge in [-0.05, 0) is 41.4 Å². The average molecular weight is 326 g/mol. The van der Waals surface area contributed by atoms with Crippen LogP contribution in [0.15, 0.2) is 22.9 Å². The van der Waals surface area contributed by atoms with Gasteiger partial charge in [-0.15, -0.1) is 0 Å². The van der Waals surface area contributed by atoms with Crippen LogP contribution in [0, 0.1) is 0 Å². The normalized spacial score (nSPS) is 16.4. The van der Waals surface area contributed by atoms with Gasteiger partial charge in [0.1, 0.15) is 0 Å². The lowest BCUT2D eigenvalue weighted by Gasteiger charge is -2.36. The predicted octanol–water partition coefficient (Wildman–Crippen LogP) is 1.42. The Hall–Kier alpha value is -1.43. The van der Waals surface area contributed by atoms with Crippen LogP contribution in [0.5, 0.6) is 0 Å². The molecule has 1 aliphatic rings. The van der Waals surface area contributed by atoms with Gasteiger partial charge in [-0.25, -0.2) is 0 Å². The molecule has 0 bridgehead atoms. The van der Waals surface area contributed by atoms with Crippen LogP contribution in [0.4, 0.5) is 0 Å². The minimum absolute atomic E-state index is 0.0612. The summed E-state index contributed by atoms with van der Waals surface area (Å²) in [5, 5.41) is 0. The van der Waals surface area contributed by atoms with Crippen LogP contribution >= 0.6 is 15.9 Å². The standard InChI is InChI=1S/C13H16BrN3O2/c1-9(2)17-4-3-16(12(18)13(17)19)8-10-5-11(14)7-15-6-10/h5-7,9H,3-4,8H2,1-2H3. The zero-order valence-corrected chi connectivity index (χ0v) is 12.6. The number of amides is 2. The highest BCUT2D eigenvalue weighted by Gasteiger charge is 2.33. The highest BCUT2D eigenvalue weighted by Crippen LogP contribution is 2.15. The van der Waals surface area contributed by atoms with Crippen molar-refractivity contribution in [1.29, 1.82) is 0 Å². The lowest BCUT2D eigenvalue weighted by Crippen LogP contribution is -2.55. The van der Waals surface area contributed by atoms with Crippen LogP contribution < -0.4 is 0 Å². The van der Waals surface area contributed by atoms with E-state index in [-0.39, 0.29) is 6.04 Å². The van der Waals surface area contributed by atoms with Gasteiger partial charge in [-0.2, -0.15) is 0 Å². The van der Waals surface area contributed by atoms with Gasteiger partial charge in [-0.3, -0.25) is 14.6 Å². The Morgan fingerprint density at radius 3 is 2.63 bits per heavy atom. The summed E-state index contributed by atoms with van der Waals surface area (Å²) < 4.78 is 0.865. The molecule has 1 aliphatic heterocycles. The van der Waals surface area contributed by atoms with Crippen molar-refractivity contribution in [1.82, 2.24) is 14.8 Å². The van der Waals surface area contributed by atoms with Crippen molar-refractivity contribution < 1.29 is 9.59 Å². The van der Waals surface area contributed by atoms with E-state index in [4.69, 9.17) is 0 Å². The molecule has 1 aromatic rings. The van der Waals surface area contributed by atoms with Crippen LogP contribution in [0.1, 0.15) is 19.4 Å². The number of nitrogens with zero attached hydrogens (tertiary/aromatic N) is 3. The molecule has 0 atom stereocenters. The van der Waals surface area contributed by atoms with E-state index in [9.17, 15) is 9.59 Å². The van der Waals surface area contributed by atoms with Gasteiger partial charge in [0.15, 0.2) is 0 Å². The van der Waals surface area contributed by atoms with Gasteiger partial charge in [0.25, 0.3) is 0 Å². The summed E-state index contributed by atoms with van der Waals surface area (Å²) in [6.45, 7) is 5.40. The fourth-order valence-electron chi connectivity index (χ4n) is 2.10. The van der Waals surface area contributed by atoms with Crippen LogP contribution in [0.25, 0.3) is 0 Å². The minimum Gasteiger partial charge on any atom is -0.330 e. The maximum atomic E-state index is 12.0. The smallest absolute Gasteiger partial charge is 0.312 e. The molecule has 0 unspecified atom stereocenters. The molecular weight excluding hydrogens is 310 g/mol. The van der Waals surface area contributed by atoms with Crippen molar-refractivity contribution in [2.75, 3.05) is 13.1 Å². The van der Waals surface area contributed by atoms with Crippen LogP contribution in [-0.4, -0.2) is 45.7 Å². The second-order valence-electron chi connectivity index (χ2n) is 4.83. The summed E-state index contributed by atoms with van der Waals surface area (Å²) in [6.07, 6.45) is 3.39. The Morgan fingerprint density at radius 2 is 2.00 bits per heavy atom. The molecule has 1 saturated heterocycles. The second kappa shape index (κ2) is 5.69. The highest BCUT2D eigenvalue weighted by molar-refractivity contribution is 9.10. The maximum Gasteiger partial charge on any atom is 0.312 e. The summed E-state index contributed by atoms with van der Waals surface area (Å²) in [6, 6.07) is 1.96. The quantitative estimate of drug-likeness (QED) is 0.790. The number of pyridine rings is 1. The minimum atomic E-state index is -0.431. The molecule has 1 aromatic heterocycles. The molecular formula is C13H16BrN3O2. The van der Waals surface area contributed by atoms with E-state index >= 15 is 0 Å². The molecule has 2 rings (SSSR count). The third kappa shape index (κ3) is 3.12. The van der Waals surface area contributed by atoms with Gasteiger partial charge in [0.05, 0.1) is 0 Å². The number of rotatable bonds is 3. The van der Waals surface area contributed by atoms with Crippen molar-refractivity contribution >= 4 is 27.7 Å². The summed E-state index contributed by atoms with van der Waals surface area (Å²) in [4.78, 5) is 31.2. The zero-order valence-electron chi connectivity index (χ0n) is 11.0. The van der Waals surface area contributed by atoms with E-state index in [1.54, 1.807) is 22.2 Å². The predicted molar refractivity (Wildman–Crippen MR) is 74.2 cm³/mol. The molecule has 0 aromatic carbocycles. The van der Waals surface area contributed by atoms with Gasteiger partial charge in [0.2, 0.25) is 0 Å². The van der Waals surface area contributed by atoms with E-state index in [0.29, 0.717) is 19.6 Å².